The second-order valence-corrected chi connectivity index (χ2v) is 5.10. The van der Waals surface area contributed by atoms with Crippen molar-refractivity contribution in [3.8, 4) is 0 Å². The summed E-state index contributed by atoms with van der Waals surface area (Å²) in [5.41, 5.74) is 1.24. The summed E-state index contributed by atoms with van der Waals surface area (Å²) in [7, 11) is 0. The molecule has 1 atom stereocenters. The third-order valence-corrected chi connectivity index (χ3v) is 4.01. The van der Waals surface area contributed by atoms with Gasteiger partial charge >= 0.3 is 0 Å². The SMILES string of the molecule is N[S+]([O-])C1(Cc2ccccc2)CC1. The fraction of sp³-hybridized carbons (Fsp3) is 0.400. The zero-order valence-corrected chi connectivity index (χ0v) is 8.22. The molecular weight excluding hydrogens is 182 g/mol. The molecule has 0 amide bonds. The molecule has 1 aromatic rings. The van der Waals surface area contributed by atoms with Crippen LogP contribution < -0.4 is 5.14 Å². The normalized spacial score (nSPS) is 21.1. The lowest BCUT2D eigenvalue weighted by atomic mass is 10.1. The number of benzene rings is 1. The third kappa shape index (κ3) is 1.88. The maximum Gasteiger partial charge on any atom is 0.149 e. The van der Waals surface area contributed by atoms with Crippen LogP contribution in [0.1, 0.15) is 18.4 Å². The van der Waals surface area contributed by atoms with Crippen molar-refractivity contribution in [2.45, 2.75) is 24.0 Å². The molecule has 1 fully saturated rings. The molecule has 70 valence electrons. The van der Waals surface area contributed by atoms with Gasteiger partial charge in [0.2, 0.25) is 0 Å². The predicted octanol–water partition coefficient (Wildman–Crippen LogP) is 1.38. The third-order valence-electron chi connectivity index (χ3n) is 2.60. The molecule has 0 heterocycles. The van der Waals surface area contributed by atoms with Gasteiger partial charge in [-0.1, -0.05) is 30.3 Å². The average Bonchev–Trinajstić information content (AvgIpc) is 2.87. The molecule has 1 aliphatic carbocycles. The smallest absolute Gasteiger partial charge is 0.149 e. The van der Waals surface area contributed by atoms with Crippen LogP contribution >= 0.6 is 0 Å². The lowest BCUT2D eigenvalue weighted by Crippen LogP contribution is -2.32. The molecule has 2 N–H and O–H groups in total. The molecule has 1 unspecified atom stereocenters. The molecule has 1 saturated carbocycles. The first-order valence-corrected chi connectivity index (χ1v) is 5.64. The highest BCUT2D eigenvalue weighted by atomic mass is 32.2. The largest absolute Gasteiger partial charge is 0.598 e. The molecule has 0 aromatic heterocycles. The van der Waals surface area contributed by atoms with Crippen LogP contribution in [0.3, 0.4) is 0 Å². The van der Waals surface area contributed by atoms with Gasteiger partial charge in [-0.2, -0.15) is 5.14 Å². The van der Waals surface area contributed by atoms with Crippen molar-refractivity contribution < 1.29 is 4.55 Å². The molecule has 0 aliphatic heterocycles. The van der Waals surface area contributed by atoms with Gasteiger partial charge in [-0.3, -0.25) is 0 Å². The van der Waals surface area contributed by atoms with Gasteiger partial charge in [0.15, 0.2) is 0 Å². The molecule has 0 radical (unpaired) electrons. The Bertz CT molecular complexity index is 282. The van der Waals surface area contributed by atoms with Gasteiger partial charge < -0.3 is 4.55 Å². The van der Waals surface area contributed by atoms with E-state index in [2.05, 4.69) is 12.1 Å². The highest BCUT2D eigenvalue weighted by molar-refractivity contribution is 7.90. The van der Waals surface area contributed by atoms with Crippen molar-refractivity contribution in [3.05, 3.63) is 35.9 Å². The molecule has 13 heavy (non-hydrogen) atoms. The lowest BCUT2D eigenvalue weighted by molar-refractivity contribution is 0.576. The second kappa shape index (κ2) is 3.33. The maximum absolute atomic E-state index is 11.2. The summed E-state index contributed by atoms with van der Waals surface area (Å²) in [6.45, 7) is 0. The Labute approximate surface area is 81.5 Å². The Hall–Kier alpha value is -0.510. The molecule has 2 nitrogen and oxygen atoms in total. The first-order chi connectivity index (χ1) is 6.23. The zero-order chi connectivity index (χ0) is 9.31. The van der Waals surface area contributed by atoms with Crippen molar-refractivity contribution in [3.63, 3.8) is 0 Å². The van der Waals surface area contributed by atoms with E-state index < -0.39 is 11.4 Å². The van der Waals surface area contributed by atoms with Gasteiger partial charge in [0.25, 0.3) is 0 Å². The van der Waals surface area contributed by atoms with Crippen molar-refractivity contribution in [1.82, 2.24) is 0 Å². The summed E-state index contributed by atoms with van der Waals surface area (Å²) < 4.78 is 11.1. The quantitative estimate of drug-likeness (QED) is 0.741. The van der Waals surface area contributed by atoms with E-state index >= 15 is 0 Å². The van der Waals surface area contributed by atoms with E-state index in [1.807, 2.05) is 18.2 Å². The van der Waals surface area contributed by atoms with E-state index in [1.165, 1.54) is 5.56 Å². The first kappa shape index (κ1) is 9.06. The number of nitrogens with two attached hydrogens (primary N) is 1. The standard InChI is InChI=1S/C10H13NOS/c11-13(12)10(6-7-10)8-9-4-2-1-3-5-9/h1-5H,6-8,11H2. The van der Waals surface area contributed by atoms with Gasteiger partial charge in [-0.15, -0.1) is 0 Å². The van der Waals surface area contributed by atoms with Gasteiger partial charge in [-0.25, -0.2) is 0 Å². The highest BCUT2D eigenvalue weighted by Gasteiger charge is 2.53. The number of hydrogen-bond donors (Lipinski definition) is 1. The Morgan fingerprint density at radius 3 is 2.38 bits per heavy atom. The van der Waals surface area contributed by atoms with Crippen molar-refractivity contribution >= 4 is 11.4 Å². The Kier molecular flexibility index (Phi) is 2.32. The minimum Gasteiger partial charge on any atom is -0.598 e. The van der Waals surface area contributed by atoms with E-state index in [0.29, 0.717) is 0 Å². The van der Waals surface area contributed by atoms with Crippen LogP contribution in [0.4, 0.5) is 0 Å². The fourth-order valence-corrected chi connectivity index (χ4v) is 2.37. The summed E-state index contributed by atoms with van der Waals surface area (Å²) >= 11 is -1.17. The van der Waals surface area contributed by atoms with Gasteiger partial charge in [0.05, 0.1) is 0 Å². The maximum atomic E-state index is 11.2. The predicted molar refractivity (Wildman–Crippen MR) is 54.4 cm³/mol. The first-order valence-electron chi connectivity index (χ1n) is 4.43. The van der Waals surface area contributed by atoms with Crippen LogP contribution in [-0.4, -0.2) is 9.30 Å². The van der Waals surface area contributed by atoms with Crippen LogP contribution in [0.15, 0.2) is 30.3 Å². The summed E-state index contributed by atoms with van der Waals surface area (Å²) in [4.78, 5) is 0. The molecule has 2 rings (SSSR count). The summed E-state index contributed by atoms with van der Waals surface area (Å²) in [5.74, 6) is 0. The fourth-order valence-electron chi connectivity index (χ4n) is 1.56. The Balaban J connectivity index is 2.07. The van der Waals surface area contributed by atoms with Gasteiger partial charge in [0.1, 0.15) is 4.75 Å². The van der Waals surface area contributed by atoms with Gasteiger partial charge in [0, 0.05) is 30.6 Å². The van der Waals surface area contributed by atoms with E-state index in [4.69, 9.17) is 5.14 Å². The van der Waals surface area contributed by atoms with Crippen LogP contribution in [0.5, 0.6) is 0 Å². The minimum atomic E-state index is -1.17. The topological polar surface area (TPSA) is 49.1 Å². The Morgan fingerprint density at radius 1 is 1.31 bits per heavy atom. The van der Waals surface area contributed by atoms with Crippen molar-refractivity contribution in [2.75, 3.05) is 0 Å². The van der Waals surface area contributed by atoms with Crippen LogP contribution in [0, 0.1) is 0 Å². The molecule has 0 bridgehead atoms. The summed E-state index contributed by atoms with van der Waals surface area (Å²) in [6.07, 6.45) is 2.87. The van der Waals surface area contributed by atoms with E-state index in [9.17, 15) is 4.55 Å². The minimum absolute atomic E-state index is 0.0959. The van der Waals surface area contributed by atoms with Crippen LogP contribution in [-0.2, 0) is 17.8 Å². The summed E-state index contributed by atoms with van der Waals surface area (Å²) in [6, 6.07) is 10.1. The molecule has 0 spiro atoms. The molecular formula is C10H13NOS. The van der Waals surface area contributed by atoms with E-state index in [1.54, 1.807) is 0 Å². The second-order valence-electron chi connectivity index (χ2n) is 3.64. The molecule has 0 saturated heterocycles. The number of hydrogen-bond acceptors (Lipinski definition) is 2. The van der Waals surface area contributed by atoms with Crippen LogP contribution in [0.25, 0.3) is 0 Å². The summed E-state index contributed by atoms with van der Waals surface area (Å²) in [5, 5.41) is 5.45. The average molecular weight is 195 g/mol. The zero-order valence-electron chi connectivity index (χ0n) is 7.40. The molecule has 3 heteroatoms. The lowest BCUT2D eigenvalue weighted by Gasteiger charge is -2.15. The number of rotatable bonds is 3. The monoisotopic (exact) mass is 195 g/mol. The van der Waals surface area contributed by atoms with Crippen LogP contribution in [0.2, 0.25) is 0 Å². The van der Waals surface area contributed by atoms with E-state index in [0.717, 1.165) is 19.3 Å². The molecule has 1 aromatic carbocycles. The molecule has 1 aliphatic rings. The highest BCUT2D eigenvalue weighted by Crippen LogP contribution is 2.44. The van der Waals surface area contributed by atoms with Gasteiger partial charge in [-0.05, 0) is 5.56 Å². The Morgan fingerprint density at radius 2 is 1.92 bits per heavy atom. The van der Waals surface area contributed by atoms with Crippen molar-refractivity contribution in [1.29, 1.82) is 0 Å². The van der Waals surface area contributed by atoms with Crippen molar-refractivity contribution in [2.24, 2.45) is 5.14 Å². The van der Waals surface area contributed by atoms with E-state index in [-0.39, 0.29) is 4.75 Å².